The highest BCUT2D eigenvalue weighted by Crippen LogP contribution is 2.25. The van der Waals surface area contributed by atoms with Crippen LogP contribution >= 0.6 is 15.9 Å². The van der Waals surface area contributed by atoms with Gasteiger partial charge >= 0.3 is 0 Å². The lowest BCUT2D eigenvalue weighted by molar-refractivity contribution is 0.103. The maximum Gasteiger partial charge on any atom is 0.211 e. The average molecular weight is 288 g/mol. The molecule has 1 aromatic heterocycles. The third kappa shape index (κ3) is 1.80. The predicted octanol–water partition coefficient (Wildman–Crippen LogP) is 3.17. The molecule has 0 saturated carbocycles. The predicted molar refractivity (Wildman–Crippen MR) is 69.2 cm³/mol. The van der Waals surface area contributed by atoms with Gasteiger partial charge in [-0.05, 0) is 42.2 Å². The molecular formula is C14H10BrNO. The highest BCUT2D eigenvalue weighted by atomic mass is 79.9. The van der Waals surface area contributed by atoms with E-state index in [0.717, 1.165) is 34.0 Å². The summed E-state index contributed by atoms with van der Waals surface area (Å²) in [4.78, 5) is 16.6. The molecule has 0 unspecified atom stereocenters. The van der Waals surface area contributed by atoms with Crippen LogP contribution in [0, 0.1) is 0 Å². The molecule has 1 aliphatic carbocycles. The van der Waals surface area contributed by atoms with E-state index >= 15 is 0 Å². The molecule has 0 amide bonds. The fourth-order valence-corrected chi connectivity index (χ4v) is 2.58. The van der Waals surface area contributed by atoms with E-state index in [2.05, 4.69) is 20.9 Å². The Morgan fingerprint density at radius 2 is 1.94 bits per heavy atom. The Balaban J connectivity index is 2.22. The third-order valence-electron chi connectivity index (χ3n) is 3.09. The van der Waals surface area contributed by atoms with Gasteiger partial charge in [-0.15, -0.1) is 0 Å². The summed E-state index contributed by atoms with van der Waals surface area (Å²) in [5, 5.41) is 0. The Labute approximate surface area is 108 Å². The van der Waals surface area contributed by atoms with Gasteiger partial charge in [-0.1, -0.05) is 28.1 Å². The lowest BCUT2D eigenvalue weighted by Gasteiger charge is -2.04. The summed E-state index contributed by atoms with van der Waals surface area (Å²) in [5.41, 5.74) is 3.53. The number of hydrogen-bond acceptors (Lipinski definition) is 2. The maximum atomic E-state index is 12.4. The number of benzene rings is 1. The van der Waals surface area contributed by atoms with Gasteiger partial charge in [-0.25, -0.2) is 0 Å². The van der Waals surface area contributed by atoms with Crippen LogP contribution in [0.15, 0.2) is 41.0 Å². The molecule has 3 rings (SSSR count). The molecule has 0 saturated heterocycles. The second-order valence-electron chi connectivity index (χ2n) is 4.14. The lowest BCUT2D eigenvalue weighted by atomic mass is 10.0. The van der Waals surface area contributed by atoms with Crippen LogP contribution in [0.3, 0.4) is 0 Å². The molecule has 1 aliphatic rings. The number of aryl methyl sites for hydroxylation is 2. The van der Waals surface area contributed by atoms with Crippen LogP contribution in [0.5, 0.6) is 0 Å². The number of ketones is 1. The van der Waals surface area contributed by atoms with Gasteiger partial charge in [0.25, 0.3) is 0 Å². The van der Waals surface area contributed by atoms with Crippen molar-refractivity contribution in [2.75, 3.05) is 0 Å². The quantitative estimate of drug-likeness (QED) is 0.745. The van der Waals surface area contributed by atoms with Gasteiger partial charge in [-0.3, -0.25) is 9.78 Å². The second kappa shape index (κ2) is 4.08. The van der Waals surface area contributed by atoms with E-state index in [-0.39, 0.29) is 5.78 Å². The number of halogens is 1. The van der Waals surface area contributed by atoms with E-state index in [0.29, 0.717) is 5.69 Å². The van der Waals surface area contributed by atoms with Gasteiger partial charge in [-0.2, -0.15) is 0 Å². The molecule has 1 heterocycles. The minimum atomic E-state index is 0.0365. The molecule has 0 bridgehead atoms. The molecule has 0 radical (unpaired) electrons. The number of carbonyl (C=O) groups excluding carboxylic acids is 1. The fourth-order valence-electron chi connectivity index (χ4n) is 2.22. The summed E-state index contributed by atoms with van der Waals surface area (Å²) in [6.45, 7) is 0. The van der Waals surface area contributed by atoms with Crippen LogP contribution in [-0.4, -0.2) is 10.8 Å². The molecule has 0 atom stereocenters. The van der Waals surface area contributed by atoms with Gasteiger partial charge in [0.05, 0.1) is 0 Å². The Kier molecular flexibility index (Phi) is 2.56. The van der Waals surface area contributed by atoms with Crippen LogP contribution in [0.1, 0.15) is 27.2 Å². The van der Waals surface area contributed by atoms with Gasteiger partial charge in [0, 0.05) is 16.2 Å². The lowest BCUT2D eigenvalue weighted by Crippen LogP contribution is -2.06. The van der Waals surface area contributed by atoms with Crippen LogP contribution in [0.4, 0.5) is 0 Å². The zero-order valence-corrected chi connectivity index (χ0v) is 10.7. The minimum Gasteiger partial charge on any atom is -0.287 e. The van der Waals surface area contributed by atoms with Crippen LogP contribution in [0.25, 0.3) is 0 Å². The number of carbonyl (C=O) groups is 1. The van der Waals surface area contributed by atoms with Crippen LogP contribution < -0.4 is 0 Å². The van der Waals surface area contributed by atoms with Gasteiger partial charge in [0.15, 0.2) is 0 Å². The summed E-state index contributed by atoms with van der Waals surface area (Å²) in [5.74, 6) is 0.0365. The number of aromatic nitrogens is 1. The average Bonchev–Trinajstić information content (AvgIpc) is 2.49. The molecule has 0 spiro atoms. The van der Waals surface area contributed by atoms with Gasteiger partial charge in [0.2, 0.25) is 5.78 Å². The Hall–Kier alpha value is -1.48. The SMILES string of the molecule is O=C1c2cc(Br)ccc2CCc2cccnc21. The third-order valence-corrected chi connectivity index (χ3v) is 3.58. The molecule has 2 nitrogen and oxygen atoms in total. The molecule has 1 aromatic carbocycles. The van der Waals surface area contributed by atoms with Gasteiger partial charge < -0.3 is 0 Å². The summed E-state index contributed by atoms with van der Waals surface area (Å²) in [6.07, 6.45) is 3.45. The summed E-state index contributed by atoms with van der Waals surface area (Å²) < 4.78 is 0.934. The zero-order valence-electron chi connectivity index (χ0n) is 9.11. The van der Waals surface area contributed by atoms with Crippen molar-refractivity contribution in [3.8, 4) is 0 Å². The molecule has 17 heavy (non-hydrogen) atoms. The van der Waals surface area contributed by atoms with Crippen LogP contribution in [-0.2, 0) is 12.8 Å². The van der Waals surface area contributed by atoms with Crippen LogP contribution in [0.2, 0.25) is 0 Å². The maximum absolute atomic E-state index is 12.4. The van der Waals surface area contributed by atoms with Crippen molar-refractivity contribution >= 4 is 21.7 Å². The minimum absolute atomic E-state index is 0.0365. The summed E-state index contributed by atoms with van der Waals surface area (Å²) >= 11 is 3.41. The second-order valence-corrected chi connectivity index (χ2v) is 5.06. The largest absolute Gasteiger partial charge is 0.287 e. The Morgan fingerprint density at radius 1 is 1.12 bits per heavy atom. The van der Waals surface area contributed by atoms with E-state index in [4.69, 9.17) is 0 Å². The fraction of sp³-hybridized carbons (Fsp3) is 0.143. The molecule has 0 aliphatic heterocycles. The van der Waals surface area contributed by atoms with Crippen molar-refractivity contribution in [1.82, 2.24) is 4.98 Å². The molecule has 84 valence electrons. The highest BCUT2D eigenvalue weighted by Gasteiger charge is 2.21. The first kappa shape index (κ1) is 10.7. The standard InChI is InChI=1S/C14H10BrNO/c15-11-6-5-9-3-4-10-2-1-7-16-13(10)14(17)12(9)8-11/h1-2,5-8H,3-4H2. The van der Waals surface area contributed by atoms with Crippen molar-refractivity contribution < 1.29 is 4.79 Å². The molecule has 2 aromatic rings. The summed E-state index contributed by atoms with van der Waals surface area (Å²) in [6, 6.07) is 9.76. The van der Waals surface area contributed by atoms with E-state index in [9.17, 15) is 4.79 Å². The van der Waals surface area contributed by atoms with E-state index in [1.54, 1.807) is 6.20 Å². The normalized spacial score (nSPS) is 13.8. The Morgan fingerprint density at radius 3 is 2.82 bits per heavy atom. The zero-order chi connectivity index (χ0) is 11.8. The molecule has 3 heteroatoms. The topological polar surface area (TPSA) is 30.0 Å². The first-order valence-corrected chi connectivity index (χ1v) is 6.32. The first-order valence-electron chi connectivity index (χ1n) is 5.53. The number of hydrogen-bond donors (Lipinski definition) is 0. The number of pyridine rings is 1. The number of nitrogens with zero attached hydrogens (tertiary/aromatic N) is 1. The van der Waals surface area contributed by atoms with Crippen molar-refractivity contribution in [3.63, 3.8) is 0 Å². The van der Waals surface area contributed by atoms with E-state index < -0.39 is 0 Å². The van der Waals surface area contributed by atoms with E-state index in [1.165, 1.54) is 0 Å². The monoisotopic (exact) mass is 287 g/mol. The molecule has 0 fully saturated rings. The van der Waals surface area contributed by atoms with Crippen molar-refractivity contribution in [2.24, 2.45) is 0 Å². The molecular weight excluding hydrogens is 278 g/mol. The van der Waals surface area contributed by atoms with Gasteiger partial charge in [0.1, 0.15) is 5.69 Å². The van der Waals surface area contributed by atoms with Crippen molar-refractivity contribution in [3.05, 3.63) is 63.4 Å². The smallest absolute Gasteiger partial charge is 0.211 e. The first-order chi connectivity index (χ1) is 8.25. The van der Waals surface area contributed by atoms with Crippen molar-refractivity contribution in [2.45, 2.75) is 12.8 Å². The summed E-state index contributed by atoms with van der Waals surface area (Å²) in [7, 11) is 0. The highest BCUT2D eigenvalue weighted by molar-refractivity contribution is 9.10. The Bertz CT molecular complexity index is 607. The van der Waals surface area contributed by atoms with E-state index in [1.807, 2.05) is 30.3 Å². The molecule has 0 N–H and O–H groups in total. The number of rotatable bonds is 0. The van der Waals surface area contributed by atoms with Crippen molar-refractivity contribution in [1.29, 1.82) is 0 Å². The number of fused-ring (bicyclic) bond motifs is 2.